The van der Waals surface area contributed by atoms with Crippen LogP contribution in [0.5, 0.6) is 0 Å². The van der Waals surface area contributed by atoms with Crippen molar-refractivity contribution in [3.8, 4) is 0 Å². The summed E-state index contributed by atoms with van der Waals surface area (Å²) in [7, 11) is 0. The molecule has 0 saturated carbocycles. The molecule has 17 heavy (non-hydrogen) atoms. The number of alkyl halides is 8. The minimum atomic E-state index is -5.84. The summed E-state index contributed by atoms with van der Waals surface area (Å²) in [6.45, 7) is -0.267. The van der Waals surface area contributed by atoms with Crippen molar-refractivity contribution in [1.29, 1.82) is 0 Å². The van der Waals surface area contributed by atoms with E-state index in [1.165, 1.54) is 0 Å². The number of hydrogen-bond acceptors (Lipinski definition) is 1. The van der Waals surface area contributed by atoms with Crippen molar-refractivity contribution in [3.63, 3.8) is 0 Å². The van der Waals surface area contributed by atoms with Crippen LogP contribution < -0.4 is 0 Å². The lowest BCUT2D eigenvalue weighted by atomic mass is 10.2. The van der Waals surface area contributed by atoms with Crippen molar-refractivity contribution in [2.24, 2.45) is 0 Å². The van der Waals surface area contributed by atoms with Gasteiger partial charge in [-0.25, -0.2) is 4.39 Å². The molecule has 104 valence electrons. The van der Waals surface area contributed by atoms with Crippen LogP contribution in [0.1, 0.15) is 19.8 Å². The van der Waals surface area contributed by atoms with E-state index in [1.54, 1.807) is 0 Å². The summed E-state index contributed by atoms with van der Waals surface area (Å²) >= 11 is 0. The van der Waals surface area contributed by atoms with Crippen LogP contribution in [0.2, 0.25) is 0 Å². The molecule has 0 aromatic carbocycles. The summed E-state index contributed by atoms with van der Waals surface area (Å²) in [4.78, 5) is 0. The molecular weight excluding hydrogens is 264 g/mol. The van der Waals surface area contributed by atoms with E-state index in [9.17, 15) is 35.1 Å². The molecule has 0 fully saturated rings. The van der Waals surface area contributed by atoms with E-state index in [0.717, 1.165) is 6.92 Å². The second-order valence-corrected chi connectivity index (χ2v) is 3.42. The first-order chi connectivity index (χ1) is 7.41. The van der Waals surface area contributed by atoms with Crippen molar-refractivity contribution in [1.82, 2.24) is 0 Å². The maximum Gasteiger partial charge on any atom is 0.448 e. The van der Waals surface area contributed by atoms with E-state index in [4.69, 9.17) is 0 Å². The van der Waals surface area contributed by atoms with Crippen LogP contribution in [-0.4, -0.2) is 31.0 Å². The average molecular weight is 274 g/mol. The van der Waals surface area contributed by atoms with Gasteiger partial charge < -0.3 is 4.74 Å². The quantitative estimate of drug-likeness (QED) is 0.690. The number of halogens is 8. The molecule has 0 aromatic heterocycles. The van der Waals surface area contributed by atoms with Crippen molar-refractivity contribution < 1.29 is 39.9 Å². The van der Waals surface area contributed by atoms with E-state index in [-0.39, 0.29) is 0 Å². The first-order valence-corrected chi connectivity index (χ1v) is 4.47. The Bertz CT molecular complexity index is 235. The predicted molar refractivity (Wildman–Crippen MR) is 41.7 cm³/mol. The third-order valence-corrected chi connectivity index (χ3v) is 1.75. The van der Waals surface area contributed by atoms with Gasteiger partial charge in [0.15, 0.2) is 0 Å². The minimum absolute atomic E-state index is 0.625. The number of ether oxygens (including phenoxy) is 1. The predicted octanol–water partition coefficient (Wildman–Crippen LogP) is 3.93. The van der Waals surface area contributed by atoms with Crippen LogP contribution in [0, 0.1) is 0 Å². The largest absolute Gasteiger partial charge is 0.448 e. The molecule has 0 radical (unpaired) electrons. The van der Waals surface area contributed by atoms with E-state index >= 15 is 0 Å². The first kappa shape index (κ1) is 16.4. The van der Waals surface area contributed by atoms with Crippen LogP contribution >= 0.6 is 0 Å². The Morgan fingerprint density at radius 2 is 1.47 bits per heavy atom. The molecule has 0 bridgehead atoms. The summed E-state index contributed by atoms with van der Waals surface area (Å²) < 4.78 is 100. The third kappa shape index (κ3) is 5.51. The normalized spacial score (nSPS) is 18.9. The molecule has 0 aliphatic heterocycles. The molecule has 0 heterocycles. The van der Waals surface area contributed by atoms with Crippen LogP contribution in [0.4, 0.5) is 35.1 Å². The summed E-state index contributed by atoms with van der Waals surface area (Å²) in [5, 5.41) is 0. The van der Waals surface area contributed by atoms with E-state index in [0.29, 0.717) is 0 Å². The van der Waals surface area contributed by atoms with Crippen LogP contribution in [-0.2, 0) is 4.74 Å². The summed E-state index contributed by atoms with van der Waals surface area (Å²) in [5.74, 6) is -4.85. The standard InChI is InChI=1S/C8H10F8O/c1-5(2-3-9)17-6(10,8(14,15)16)4-7(11,12)13/h5H,2-4H2,1H3. The Morgan fingerprint density at radius 1 is 1.00 bits per heavy atom. The van der Waals surface area contributed by atoms with Gasteiger partial charge >= 0.3 is 18.2 Å². The zero-order valence-corrected chi connectivity index (χ0v) is 8.63. The van der Waals surface area contributed by atoms with Gasteiger partial charge in [0, 0.05) is 6.42 Å². The fourth-order valence-corrected chi connectivity index (χ4v) is 0.998. The second-order valence-electron chi connectivity index (χ2n) is 3.42. The lowest BCUT2D eigenvalue weighted by Crippen LogP contribution is -2.48. The van der Waals surface area contributed by atoms with Crippen molar-refractivity contribution in [3.05, 3.63) is 0 Å². The maximum absolute atomic E-state index is 13.2. The average Bonchev–Trinajstić information content (AvgIpc) is 1.97. The Hall–Kier alpha value is -0.600. The Balaban J connectivity index is 4.87. The van der Waals surface area contributed by atoms with Crippen molar-refractivity contribution in [2.45, 2.75) is 44.1 Å². The number of hydrogen-bond donors (Lipinski definition) is 0. The van der Waals surface area contributed by atoms with Crippen LogP contribution in [0.3, 0.4) is 0 Å². The lowest BCUT2D eigenvalue weighted by Gasteiger charge is -2.31. The summed E-state index contributed by atoms with van der Waals surface area (Å²) in [6.07, 6.45) is -16.3. The van der Waals surface area contributed by atoms with Gasteiger partial charge in [0.05, 0.1) is 12.8 Å². The zero-order chi connectivity index (χ0) is 13.9. The van der Waals surface area contributed by atoms with E-state index < -0.39 is 43.8 Å². The highest BCUT2D eigenvalue weighted by Crippen LogP contribution is 2.43. The van der Waals surface area contributed by atoms with Gasteiger partial charge in [-0.1, -0.05) is 0 Å². The fourth-order valence-electron chi connectivity index (χ4n) is 0.998. The molecule has 2 atom stereocenters. The molecular formula is C8H10F8O. The maximum atomic E-state index is 13.2. The molecule has 0 amide bonds. The second kappa shape index (κ2) is 5.36. The molecule has 0 spiro atoms. The highest BCUT2D eigenvalue weighted by Gasteiger charge is 2.63. The molecule has 9 heteroatoms. The molecule has 0 saturated heterocycles. The van der Waals surface area contributed by atoms with Gasteiger partial charge in [0.1, 0.15) is 6.42 Å². The molecule has 0 aromatic rings. The first-order valence-electron chi connectivity index (χ1n) is 4.47. The molecule has 0 rings (SSSR count). The minimum Gasteiger partial charge on any atom is -0.335 e. The topological polar surface area (TPSA) is 9.23 Å². The summed E-state index contributed by atoms with van der Waals surface area (Å²) in [5.41, 5.74) is 0. The van der Waals surface area contributed by atoms with Gasteiger partial charge in [0.2, 0.25) is 0 Å². The molecule has 0 aliphatic rings. The highest BCUT2D eigenvalue weighted by molar-refractivity contribution is 4.82. The molecule has 1 nitrogen and oxygen atoms in total. The van der Waals surface area contributed by atoms with Gasteiger partial charge in [0.25, 0.3) is 0 Å². The SMILES string of the molecule is CC(CCF)OC(F)(CC(F)(F)F)C(F)(F)F. The summed E-state index contributed by atoms with van der Waals surface area (Å²) in [6, 6.07) is 0. The molecule has 0 aliphatic carbocycles. The van der Waals surface area contributed by atoms with Gasteiger partial charge in [-0.05, 0) is 6.92 Å². The van der Waals surface area contributed by atoms with Crippen LogP contribution in [0.25, 0.3) is 0 Å². The van der Waals surface area contributed by atoms with E-state index in [1.807, 2.05) is 0 Å². The van der Waals surface area contributed by atoms with Gasteiger partial charge in [-0.2, -0.15) is 26.3 Å². The third-order valence-electron chi connectivity index (χ3n) is 1.75. The Labute approximate surface area is 91.7 Å². The molecule has 2 unspecified atom stereocenters. The van der Waals surface area contributed by atoms with E-state index in [2.05, 4.69) is 4.74 Å². The smallest absolute Gasteiger partial charge is 0.335 e. The number of rotatable bonds is 5. The lowest BCUT2D eigenvalue weighted by molar-refractivity contribution is -0.368. The fraction of sp³-hybridized carbons (Fsp3) is 1.00. The molecule has 0 N–H and O–H groups in total. The Kier molecular flexibility index (Phi) is 5.17. The highest BCUT2D eigenvalue weighted by atomic mass is 19.4. The van der Waals surface area contributed by atoms with Crippen molar-refractivity contribution in [2.75, 3.05) is 6.67 Å². The van der Waals surface area contributed by atoms with Crippen LogP contribution in [0.15, 0.2) is 0 Å². The van der Waals surface area contributed by atoms with Crippen molar-refractivity contribution >= 4 is 0 Å². The van der Waals surface area contributed by atoms with Gasteiger partial charge in [-0.3, -0.25) is 4.39 Å². The monoisotopic (exact) mass is 274 g/mol. The Morgan fingerprint density at radius 3 is 1.76 bits per heavy atom. The van der Waals surface area contributed by atoms with Gasteiger partial charge in [-0.15, -0.1) is 0 Å². The zero-order valence-electron chi connectivity index (χ0n) is 8.63.